The van der Waals surface area contributed by atoms with Crippen molar-refractivity contribution in [3.63, 3.8) is 0 Å². The highest BCUT2D eigenvalue weighted by atomic mass is 31.0. The third-order valence-corrected chi connectivity index (χ3v) is 3.33. The molecule has 0 aromatic carbocycles. The zero-order valence-electron chi connectivity index (χ0n) is 12.9. The van der Waals surface area contributed by atoms with Crippen molar-refractivity contribution in [2.45, 2.75) is 25.7 Å². The third-order valence-electron chi connectivity index (χ3n) is 3.33. The summed E-state index contributed by atoms with van der Waals surface area (Å²) in [4.78, 5) is 21.2. The first-order valence-electron chi connectivity index (χ1n) is 7.19. The number of carboxylic acid groups (broad SMARTS) is 1. The van der Waals surface area contributed by atoms with Crippen LogP contribution in [0.4, 0.5) is 0 Å². The fourth-order valence-electron chi connectivity index (χ4n) is 2.04. The summed E-state index contributed by atoms with van der Waals surface area (Å²) in [5.41, 5.74) is 0. The maximum atomic E-state index is 10.9. The topological polar surface area (TPSA) is 82.1 Å². The number of hydrogen-bond donors (Lipinski definition) is 1. The first-order chi connectivity index (χ1) is 10.1. The molecule has 124 valence electrons. The smallest absolute Gasteiger partial charge is 0.308 e. The normalized spacial score (nSPS) is 19.4. The number of carbonyl (C=O) groups excluding carboxylic acids is 1. The zero-order chi connectivity index (χ0) is 16.1. The number of carbonyl (C=O) groups is 2. The van der Waals surface area contributed by atoms with Crippen LogP contribution in [-0.4, -0.2) is 57.2 Å². The quantitative estimate of drug-likeness (QED) is 0.614. The van der Waals surface area contributed by atoms with Crippen LogP contribution in [0.2, 0.25) is 0 Å². The summed E-state index contributed by atoms with van der Waals surface area (Å²) in [7, 11) is 3.85. The molecule has 0 aromatic rings. The molecule has 7 heteroatoms. The van der Waals surface area contributed by atoms with Crippen LogP contribution in [0.5, 0.6) is 0 Å². The van der Waals surface area contributed by atoms with Crippen LogP contribution >= 0.6 is 9.24 Å². The predicted molar refractivity (Wildman–Crippen MR) is 82.4 cm³/mol. The monoisotopic (exact) mass is 322 g/mol. The minimum atomic E-state index is -0.682. The molecule has 0 aromatic heterocycles. The van der Waals surface area contributed by atoms with Gasteiger partial charge in [-0.1, -0.05) is 6.66 Å². The van der Waals surface area contributed by atoms with Gasteiger partial charge in [0.05, 0.1) is 18.9 Å². The maximum Gasteiger partial charge on any atom is 0.308 e. The second-order valence-corrected chi connectivity index (χ2v) is 4.63. The Morgan fingerprint density at radius 2 is 1.33 bits per heavy atom. The molecule has 0 radical (unpaired) electrons. The Kier molecular flexibility index (Phi) is 12.5. The van der Waals surface area contributed by atoms with Crippen molar-refractivity contribution < 1.29 is 28.9 Å². The molecule has 6 nitrogen and oxygen atoms in total. The van der Waals surface area contributed by atoms with Gasteiger partial charge in [-0.05, 0) is 25.7 Å². The standard InChI is InChI=1S/C7H12O3.C6H10O3.CH5P/c1-9-7(8)6-2-4-10-5-3-6;7-6(8)5-1-3-9-4-2-5;1-2/h6H,2-5H2,1H3;5H,1-4H2,(H,7,8);2H2,1H3. The molecule has 0 bridgehead atoms. The van der Waals surface area contributed by atoms with Crippen LogP contribution in [0.3, 0.4) is 0 Å². The lowest BCUT2D eigenvalue weighted by atomic mass is 10.0. The minimum absolute atomic E-state index is 0.0822. The van der Waals surface area contributed by atoms with Gasteiger partial charge >= 0.3 is 11.9 Å². The van der Waals surface area contributed by atoms with Crippen LogP contribution in [0.1, 0.15) is 25.7 Å². The Morgan fingerprint density at radius 3 is 1.62 bits per heavy atom. The second kappa shape index (κ2) is 13.0. The van der Waals surface area contributed by atoms with Crippen molar-refractivity contribution in [2.24, 2.45) is 11.8 Å². The van der Waals surface area contributed by atoms with E-state index in [1.807, 2.05) is 6.66 Å². The lowest BCUT2D eigenvalue weighted by Gasteiger charge is -2.19. The molecule has 0 spiro atoms. The van der Waals surface area contributed by atoms with E-state index >= 15 is 0 Å². The van der Waals surface area contributed by atoms with E-state index in [9.17, 15) is 9.59 Å². The molecular weight excluding hydrogens is 295 g/mol. The van der Waals surface area contributed by atoms with E-state index in [1.54, 1.807) is 0 Å². The van der Waals surface area contributed by atoms with Gasteiger partial charge in [0.15, 0.2) is 0 Å². The van der Waals surface area contributed by atoms with Gasteiger partial charge in [-0.15, -0.1) is 9.24 Å². The fourth-order valence-corrected chi connectivity index (χ4v) is 2.04. The summed E-state index contributed by atoms with van der Waals surface area (Å²) in [6, 6.07) is 0. The van der Waals surface area contributed by atoms with Gasteiger partial charge in [0.1, 0.15) is 0 Å². The van der Waals surface area contributed by atoms with E-state index < -0.39 is 5.97 Å². The Labute approximate surface area is 128 Å². The Hall–Kier alpha value is -0.710. The number of esters is 1. The average Bonchev–Trinajstić information content (AvgIpc) is 2.58. The van der Waals surface area contributed by atoms with Gasteiger partial charge in [0, 0.05) is 26.4 Å². The summed E-state index contributed by atoms with van der Waals surface area (Å²) < 4.78 is 14.7. The van der Waals surface area contributed by atoms with E-state index in [2.05, 4.69) is 14.0 Å². The van der Waals surface area contributed by atoms with Gasteiger partial charge in [-0.25, -0.2) is 0 Å². The zero-order valence-corrected chi connectivity index (χ0v) is 14.0. The van der Waals surface area contributed by atoms with Crippen molar-refractivity contribution in [2.75, 3.05) is 40.2 Å². The van der Waals surface area contributed by atoms with Gasteiger partial charge < -0.3 is 19.3 Å². The molecule has 2 rings (SSSR count). The van der Waals surface area contributed by atoms with Gasteiger partial charge in [-0.2, -0.15) is 0 Å². The third kappa shape index (κ3) is 9.02. The van der Waals surface area contributed by atoms with Crippen molar-refractivity contribution in [1.29, 1.82) is 0 Å². The van der Waals surface area contributed by atoms with Crippen LogP contribution < -0.4 is 0 Å². The van der Waals surface area contributed by atoms with E-state index in [0.29, 0.717) is 39.3 Å². The fraction of sp³-hybridized carbons (Fsp3) is 0.857. The molecule has 0 aliphatic carbocycles. The number of ether oxygens (including phenoxy) is 3. The average molecular weight is 322 g/mol. The highest BCUT2D eigenvalue weighted by molar-refractivity contribution is 7.15. The summed E-state index contributed by atoms with van der Waals surface area (Å²) >= 11 is 0. The van der Waals surface area contributed by atoms with Crippen LogP contribution in [0.25, 0.3) is 0 Å². The molecule has 21 heavy (non-hydrogen) atoms. The number of methoxy groups -OCH3 is 1. The van der Waals surface area contributed by atoms with Gasteiger partial charge in [0.2, 0.25) is 0 Å². The molecule has 1 atom stereocenters. The highest BCUT2D eigenvalue weighted by Gasteiger charge is 2.21. The summed E-state index contributed by atoms with van der Waals surface area (Å²) in [5.74, 6) is -0.848. The van der Waals surface area contributed by atoms with Gasteiger partial charge in [0.25, 0.3) is 0 Å². The Morgan fingerprint density at radius 1 is 0.952 bits per heavy atom. The maximum absolute atomic E-state index is 10.9. The van der Waals surface area contributed by atoms with E-state index in [-0.39, 0.29) is 17.8 Å². The van der Waals surface area contributed by atoms with Crippen LogP contribution in [0.15, 0.2) is 0 Å². The summed E-state index contributed by atoms with van der Waals surface area (Å²) in [6.45, 7) is 4.52. The van der Waals surface area contributed by atoms with Crippen LogP contribution in [-0.2, 0) is 23.8 Å². The highest BCUT2D eigenvalue weighted by Crippen LogP contribution is 2.15. The van der Waals surface area contributed by atoms with E-state index in [0.717, 1.165) is 12.8 Å². The molecule has 0 saturated carbocycles. The molecular formula is C14H27O6P. The van der Waals surface area contributed by atoms with Gasteiger partial charge in [-0.3, -0.25) is 9.59 Å². The van der Waals surface area contributed by atoms with Crippen molar-refractivity contribution >= 4 is 21.2 Å². The number of carboxylic acids is 1. The van der Waals surface area contributed by atoms with E-state index in [4.69, 9.17) is 14.6 Å². The first-order valence-corrected chi connectivity index (χ1v) is 8.34. The molecule has 1 unspecified atom stereocenters. The van der Waals surface area contributed by atoms with Crippen molar-refractivity contribution in [3.05, 3.63) is 0 Å². The molecule has 2 aliphatic heterocycles. The summed E-state index contributed by atoms with van der Waals surface area (Å²) in [6.07, 6.45) is 2.98. The Balaban J connectivity index is 0.000000342. The minimum Gasteiger partial charge on any atom is -0.481 e. The Bertz CT molecular complexity index is 285. The molecule has 0 amide bonds. The number of rotatable bonds is 2. The SMILES string of the molecule is COC(=O)C1CCOCC1.CP.O=C(O)C1CCOCC1. The number of hydrogen-bond acceptors (Lipinski definition) is 5. The number of aliphatic carboxylic acids is 1. The second-order valence-electron chi connectivity index (χ2n) is 4.63. The van der Waals surface area contributed by atoms with Crippen molar-refractivity contribution in [3.8, 4) is 0 Å². The molecule has 1 N–H and O–H groups in total. The largest absolute Gasteiger partial charge is 0.481 e. The van der Waals surface area contributed by atoms with E-state index in [1.165, 1.54) is 7.11 Å². The predicted octanol–water partition coefficient (Wildman–Crippen LogP) is 1.57. The molecule has 2 heterocycles. The molecule has 2 aliphatic rings. The lowest BCUT2D eigenvalue weighted by Crippen LogP contribution is -2.24. The van der Waals surface area contributed by atoms with Crippen molar-refractivity contribution in [1.82, 2.24) is 0 Å². The molecule has 2 fully saturated rings. The first kappa shape index (κ1) is 20.3. The lowest BCUT2D eigenvalue weighted by molar-refractivity contribution is -0.148. The summed E-state index contributed by atoms with van der Waals surface area (Å²) in [5, 5.41) is 8.48. The molecule has 2 saturated heterocycles. The van der Waals surface area contributed by atoms with Crippen LogP contribution in [0, 0.1) is 11.8 Å².